The van der Waals surface area contributed by atoms with E-state index in [0.29, 0.717) is 23.4 Å². The van der Waals surface area contributed by atoms with Crippen LogP contribution in [0.2, 0.25) is 0 Å². The van der Waals surface area contributed by atoms with Crippen LogP contribution in [0.15, 0.2) is 15.6 Å². The molecule has 1 saturated heterocycles. The number of likely N-dealkylation sites (N-methyl/N-ethyl adjacent to an activating group) is 1. The van der Waals surface area contributed by atoms with Gasteiger partial charge in [0.05, 0.1) is 6.33 Å². The van der Waals surface area contributed by atoms with Crippen molar-refractivity contribution in [1.29, 1.82) is 0 Å². The summed E-state index contributed by atoms with van der Waals surface area (Å²) >= 11 is 3.23. The van der Waals surface area contributed by atoms with E-state index in [2.05, 4.69) is 25.9 Å². The Balaban J connectivity index is 2.48. The number of hydrogen-bond donors (Lipinski definition) is 1. The largest absolute Gasteiger partial charge is 0.342 e. The van der Waals surface area contributed by atoms with Crippen LogP contribution in [-0.2, 0) is 4.79 Å². The average molecular weight is 315 g/mol. The zero-order chi connectivity index (χ0) is 13.5. The molecule has 0 radical (unpaired) electrons. The van der Waals surface area contributed by atoms with Crippen molar-refractivity contribution < 1.29 is 4.79 Å². The molecule has 18 heavy (non-hydrogen) atoms. The van der Waals surface area contributed by atoms with Crippen molar-refractivity contribution in [2.45, 2.75) is 19.4 Å². The molecule has 2 rings (SSSR count). The van der Waals surface area contributed by atoms with E-state index in [1.54, 1.807) is 11.9 Å². The van der Waals surface area contributed by atoms with Crippen LogP contribution in [0, 0.1) is 0 Å². The Morgan fingerprint density at radius 2 is 2.06 bits per heavy atom. The maximum atomic E-state index is 12.2. The van der Waals surface area contributed by atoms with Crippen molar-refractivity contribution in [3.05, 3.63) is 21.2 Å². The predicted molar refractivity (Wildman–Crippen MR) is 71.6 cm³/mol. The van der Waals surface area contributed by atoms with Gasteiger partial charge in [0, 0.05) is 20.1 Å². The third-order valence-corrected chi connectivity index (χ3v) is 3.95. The zero-order valence-corrected chi connectivity index (χ0v) is 12.1. The van der Waals surface area contributed by atoms with Gasteiger partial charge in [0.1, 0.15) is 10.0 Å². The molecule has 1 aliphatic heterocycles. The summed E-state index contributed by atoms with van der Waals surface area (Å²) in [6, 6.07) is 0. The van der Waals surface area contributed by atoms with Crippen LogP contribution in [0.5, 0.6) is 0 Å². The van der Waals surface area contributed by atoms with E-state index in [-0.39, 0.29) is 11.5 Å². The molecule has 98 valence electrons. The molecule has 7 heteroatoms. The van der Waals surface area contributed by atoms with Gasteiger partial charge in [-0.2, -0.15) is 0 Å². The van der Waals surface area contributed by atoms with Crippen molar-refractivity contribution in [2.24, 2.45) is 0 Å². The summed E-state index contributed by atoms with van der Waals surface area (Å²) in [6.07, 6.45) is 1.35. The smallest absolute Gasteiger partial charge is 0.267 e. The topological polar surface area (TPSA) is 69.3 Å². The molecule has 1 N–H and O–H groups in total. The monoisotopic (exact) mass is 314 g/mol. The van der Waals surface area contributed by atoms with Gasteiger partial charge in [-0.05, 0) is 29.8 Å². The molecule has 0 unspecified atom stereocenters. The highest BCUT2D eigenvalue weighted by molar-refractivity contribution is 9.10. The van der Waals surface area contributed by atoms with E-state index >= 15 is 0 Å². The predicted octanol–water partition coefficient (Wildman–Crippen LogP) is 0.589. The van der Waals surface area contributed by atoms with Gasteiger partial charge in [-0.15, -0.1) is 0 Å². The molecular weight excluding hydrogens is 300 g/mol. The highest BCUT2D eigenvalue weighted by Crippen LogP contribution is 2.30. The molecule has 1 aliphatic rings. The highest BCUT2D eigenvalue weighted by atomic mass is 79.9. The van der Waals surface area contributed by atoms with Crippen molar-refractivity contribution in [1.82, 2.24) is 14.9 Å². The van der Waals surface area contributed by atoms with Gasteiger partial charge in [-0.1, -0.05) is 0 Å². The molecule has 0 bridgehead atoms. The number of aromatic amines is 1. The van der Waals surface area contributed by atoms with Crippen LogP contribution in [0.3, 0.4) is 0 Å². The second-order valence-electron chi connectivity index (χ2n) is 4.81. The normalized spacial score (nSPS) is 19.2. The van der Waals surface area contributed by atoms with Crippen LogP contribution >= 0.6 is 15.9 Å². The van der Waals surface area contributed by atoms with Gasteiger partial charge in [0.2, 0.25) is 5.91 Å². The first kappa shape index (κ1) is 13.1. The van der Waals surface area contributed by atoms with Gasteiger partial charge in [-0.25, -0.2) is 4.98 Å². The molecule has 0 saturated carbocycles. The fraction of sp³-hybridized carbons (Fsp3) is 0.545. The highest BCUT2D eigenvalue weighted by Gasteiger charge is 2.42. The Morgan fingerprint density at radius 3 is 2.72 bits per heavy atom. The van der Waals surface area contributed by atoms with Crippen molar-refractivity contribution in [3.63, 3.8) is 0 Å². The second kappa shape index (κ2) is 4.38. The van der Waals surface area contributed by atoms with Crippen molar-refractivity contribution >= 4 is 27.7 Å². The van der Waals surface area contributed by atoms with Gasteiger partial charge >= 0.3 is 0 Å². The van der Waals surface area contributed by atoms with Gasteiger partial charge in [-0.3, -0.25) is 9.59 Å². The Morgan fingerprint density at radius 1 is 1.39 bits per heavy atom. The maximum absolute atomic E-state index is 12.2. The molecule has 1 amide bonds. The first-order valence-corrected chi connectivity index (χ1v) is 6.41. The summed E-state index contributed by atoms with van der Waals surface area (Å²) in [5.74, 6) is 0.521. The molecule has 0 aromatic carbocycles. The fourth-order valence-corrected chi connectivity index (χ4v) is 2.58. The number of carbonyl (C=O) groups excluding carboxylic acids is 1. The molecule has 2 heterocycles. The number of aromatic nitrogens is 2. The minimum atomic E-state index is -0.712. The molecule has 0 atom stereocenters. The lowest BCUT2D eigenvalue weighted by atomic mass is 9.98. The molecule has 1 aromatic heterocycles. The Labute approximate surface area is 113 Å². The van der Waals surface area contributed by atoms with Gasteiger partial charge < -0.3 is 14.8 Å². The van der Waals surface area contributed by atoms with Crippen LogP contribution in [0.25, 0.3) is 0 Å². The standard InChI is InChI=1S/C11H15BrN4O2/c1-11(2)10(18)15(3)4-5-16(11)8-7(12)9(17)14-6-13-8/h6H,4-5H2,1-3H3,(H,13,14,17). The summed E-state index contributed by atoms with van der Waals surface area (Å²) in [7, 11) is 1.78. The summed E-state index contributed by atoms with van der Waals surface area (Å²) in [5, 5.41) is 0. The van der Waals surface area contributed by atoms with E-state index in [1.807, 2.05) is 18.7 Å². The maximum Gasteiger partial charge on any atom is 0.267 e. The number of amides is 1. The minimum Gasteiger partial charge on any atom is -0.342 e. The number of H-pyrrole nitrogens is 1. The van der Waals surface area contributed by atoms with Crippen molar-refractivity contribution in [2.75, 3.05) is 25.0 Å². The number of halogens is 1. The van der Waals surface area contributed by atoms with Crippen LogP contribution in [-0.4, -0.2) is 46.5 Å². The van der Waals surface area contributed by atoms with E-state index in [4.69, 9.17) is 0 Å². The lowest BCUT2D eigenvalue weighted by molar-refractivity contribution is -0.136. The zero-order valence-electron chi connectivity index (χ0n) is 10.5. The molecule has 0 spiro atoms. The lowest BCUT2D eigenvalue weighted by Gasteiger charge is -2.45. The Bertz CT molecular complexity index is 540. The van der Waals surface area contributed by atoms with Crippen LogP contribution in [0.4, 0.5) is 5.82 Å². The first-order valence-electron chi connectivity index (χ1n) is 5.62. The van der Waals surface area contributed by atoms with E-state index < -0.39 is 5.54 Å². The summed E-state index contributed by atoms with van der Waals surface area (Å²) in [4.78, 5) is 34.0. The SMILES string of the molecule is CN1CCN(c2nc[nH]c(=O)c2Br)C(C)(C)C1=O. The van der Waals surface area contributed by atoms with E-state index in [0.717, 1.165) is 0 Å². The molecule has 1 aromatic rings. The summed E-state index contributed by atoms with van der Waals surface area (Å²) < 4.78 is 0.357. The average Bonchev–Trinajstić information content (AvgIpc) is 2.31. The lowest BCUT2D eigenvalue weighted by Crippen LogP contribution is -2.62. The summed E-state index contributed by atoms with van der Waals surface area (Å²) in [5.41, 5.74) is -0.960. The van der Waals surface area contributed by atoms with E-state index in [1.165, 1.54) is 6.33 Å². The Hall–Kier alpha value is -1.37. The van der Waals surface area contributed by atoms with Crippen LogP contribution in [0.1, 0.15) is 13.8 Å². The second-order valence-corrected chi connectivity index (χ2v) is 5.60. The fourth-order valence-electron chi connectivity index (χ4n) is 2.15. The number of nitrogens with zero attached hydrogens (tertiary/aromatic N) is 3. The van der Waals surface area contributed by atoms with Gasteiger partial charge in [0.25, 0.3) is 5.56 Å². The van der Waals surface area contributed by atoms with E-state index in [9.17, 15) is 9.59 Å². The Kier molecular flexibility index (Phi) is 3.18. The van der Waals surface area contributed by atoms with Gasteiger partial charge in [0.15, 0.2) is 5.82 Å². The molecule has 6 nitrogen and oxygen atoms in total. The number of rotatable bonds is 1. The summed E-state index contributed by atoms with van der Waals surface area (Å²) in [6.45, 7) is 4.92. The molecular formula is C11H15BrN4O2. The third-order valence-electron chi connectivity index (χ3n) is 3.24. The molecule has 1 fully saturated rings. The number of anilines is 1. The number of piperazine rings is 1. The molecule has 0 aliphatic carbocycles. The minimum absolute atomic E-state index is 0.0164. The van der Waals surface area contributed by atoms with Crippen molar-refractivity contribution in [3.8, 4) is 0 Å². The number of hydrogen-bond acceptors (Lipinski definition) is 4. The quantitative estimate of drug-likeness (QED) is 0.823. The number of nitrogens with one attached hydrogen (secondary N) is 1. The van der Waals surface area contributed by atoms with Crippen LogP contribution < -0.4 is 10.5 Å². The third kappa shape index (κ3) is 1.92. The first-order chi connectivity index (χ1) is 8.35. The number of carbonyl (C=O) groups is 1.